The van der Waals surface area contributed by atoms with Gasteiger partial charge in [-0.15, -0.1) is 0 Å². The van der Waals surface area contributed by atoms with Crippen LogP contribution in [0.5, 0.6) is 28.7 Å². The standard InChI is InChI=1S/C56H84N2O11/c1-4-7-10-13-16-19-22-25-28-31-38-65-52-43-47(56(60)69-51-36-34-50(35-37-51)68-55(59)46-41-48(57(61)62)45-49(42-46)58(63)64)44-53(66-39-32-29-26-23-20-17-14-11-8-5-2)54(52)67-40-33-30-27-24-21-18-15-12-9-6-3/h34-37,41-45H,4-33,38-40H2,1-3H3. The molecule has 0 unspecified atom stereocenters. The van der Waals surface area contributed by atoms with E-state index in [-0.39, 0.29) is 22.6 Å². The van der Waals surface area contributed by atoms with Crippen molar-refractivity contribution in [3.8, 4) is 28.7 Å². The highest BCUT2D eigenvalue weighted by Gasteiger charge is 2.23. The lowest BCUT2D eigenvalue weighted by Crippen LogP contribution is -2.12. The third-order valence-electron chi connectivity index (χ3n) is 12.3. The highest BCUT2D eigenvalue weighted by Crippen LogP contribution is 2.40. The number of benzene rings is 3. The summed E-state index contributed by atoms with van der Waals surface area (Å²) in [6, 6.07) is 11.5. The number of non-ortho nitro benzene ring substituents is 2. The molecule has 3 aromatic rings. The van der Waals surface area contributed by atoms with E-state index in [1.54, 1.807) is 12.1 Å². The van der Waals surface area contributed by atoms with Gasteiger partial charge in [0.2, 0.25) is 5.75 Å². The Kier molecular flexibility index (Phi) is 30.9. The van der Waals surface area contributed by atoms with Gasteiger partial charge in [-0.25, -0.2) is 9.59 Å². The zero-order valence-corrected chi connectivity index (χ0v) is 42.4. The summed E-state index contributed by atoms with van der Waals surface area (Å²) in [7, 11) is 0. The van der Waals surface area contributed by atoms with Crippen molar-refractivity contribution in [2.75, 3.05) is 19.8 Å². The maximum Gasteiger partial charge on any atom is 0.344 e. The molecule has 3 aromatic carbocycles. The van der Waals surface area contributed by atoms with Gasteiger partial charge in [-0.05, 0) is 55.7 Å². The first-order valence-electron chi connectivity index (χ1n) is 26.7. The predicted octanol–water partition coefficient (Wildman–Crippen LogP) is 16.8. The minimum atomic E-state index is -1.03. The van der Waals surface area contributed by atoms with Crippen molar-refractivity contribution in [1.29, 1.82) is 0 Å². The van der Waals surface area contributed by atoms with Crippen LogP contribution in [0.1, 0.15) is 234 Å². The van der Waals surface area contributed by atoms with Gasteiger partial charge in [-0.3, -0.25) is 20.2 Å². The minimum Gasteiger partial charge on any atom is -0.490 e. The molecule has 0 amide bonds. The van der Waals surface area contributed by atoms with Crippen molar-refractivity contribution in [2.45, 2.75) is 213 Å². The van der Waals surface area contributed by atoms with Crippen LogP contribution >= 0.6 is 0 Å². The van der Waals surface area contributed by atoms with Crippen molar-refractivity contribution >= 4 is 23.3 Å². The number of carbonyl (C=O) groups excluding carboxylic acids is 2. The number of esters is 2. The average Bonchev–Trinajstić information content (AvgIpc) is 3.34. The molecule has 0 aliphatic carbocycles. The van der Waals surface area contributed by atoms with E-state index in [0.717, 1.165) is 76.0 Å². The maximum atomic E-state index is 13.9. The van der Waals surface area contributed by atoms with Gasteiger partial charge in [0, 0.05) is 12.1 Å². The molecule has 13 heteroatoms. The van der Waals surface area contributed by atoms with E-state index >= 15 is 0 Å². The second-order valence-corrected chi connectivity index (χ2v) is 18.4. The third-order valence-corrected chi connectivity index (χ3v) is 12.3. The third kappa shape index (κ3) is 25.3. The van der Waals surface area contributed by atoms with E-state index < -0.39 is 33.2 Å². The number of nitrogens with zero attached hydrogens (tertiary/aromatic N) is 2. The summed E-state index contributed by atoms with van der Waals surface area (Å²) >= 11 is 0. The van der Waals surface area contributed by atoms with Gasteiger partial charge in [0.25, 0.3) is 11.4 Å². The zero-order chi connectivity index (χ0) is 49.7. The molecule has 0 saturated heterocycles. The number of nitro benzene ring substituents is 2. The lowest BCUT2D eigenvalue weighted by Gasteiger charge is -2.19. The normalized spacial score (nSPS) is 11.1. The molecule has 0 heterocycles. The molecule has 0 aliphatic rings. The van der Waals surface area contributed by atoms with Crippen LogP contribution < -0.4 is 23.7 Å². The van der Waals surface area contributed by atoms with Gasteiger partial charge in [0.05, 0.1) is 46.9 Å². The van der Waals surface area contributed by atoms with Crippen molar-refractivity contribution in [1.82, 2.24) is 0 Å². The molecule has 0 radical (unpaired) electrons. The Morgan fingerprint density at radius 3 is 0.971 bits per heavy atom. The van der Waals surface area contributed by atoms with Crippen LogP contribution in [0.25, 0.3) is 0 Å². The van der Waals surface area contributed by atoms with Crippen molar-refractivity contribution < 1.29 is 43.1 Å². The largest absolute Gasteiger partial charge is 0.490 e. The van der Waals surface area contributed by atoms with E-state index in [4.69, 9.17) is 23.7 Å². The molecule has 0 spiro atoms. The molecule has 13 nitrogen and oxygen atoms in total. The molecule has 0 bridgehead atoms. The molecule has 384 valence electrons. The number of rotatable bonds is 42. The fourth-order valence-corrected chi connectivity index (χ4v) is 8.19. The fourth-order valence-electron chi connectivity index (χ4n) is 8.19. The highest BCUT2D eigenvalue weighted by atomic mass is 16.6. The zero-order valence-electron chi connectivity index (χ0n) is 42.4. The fraction of sp³-hybridized carbons (Fsp3) is 0.643. The topological polar surface area (TPSA) is 167 Å². The van der Waals surface area contributed by atoms with Crippen LogP contribution in [0.15, 0.2) is 54.6 Å². The Morgan fingerprint density at radius 2 is 0.667 bits per heavy atom. The van der Waals surface area contributed by atoms with Crippen LogP contribution in [0.3, 0.4) is 0 Å². The smallest absolute Gasteiger partial charge is 0.344 e. The lowest BCUT2D eigenvalue weighted by molar-refractivity contribution is -0.394. The van der Waals surface area contributed by atoms with Crippen molar-refractivity contribution in [2.24, 2.45) is 0 Å². The Morgan fingerprint density at radius 1 is 0.391 bits per heavy atom. The summed E-state index contributed by atoms with van der Waals surface area (Å²) in [5, 5.41) is 22.7. The maximum absolute atomic E-state index is 13.9. The number of carbonyl (C=O) groups is 2. The van der Waals surface area contributed by atoms with Gasteiger partial charge in [-0.2, -0.15) is 0 Å². The van der Waals surface area contributed by atoms with Crippen LogP contribution in [-0.4, -0.2) is 41.6 Å². The number of hydrogen-bond acceptors (Lipinski definition) is 11. The summed E-state index contributed by atoms with van der Waals surface area (Å²) < 4.78 is 30.5. The summed E-state index contributed by atoms with van der Waals surface area (Å²) in [4.78, 5) is 47.8. The van der Waals surface area contributed by atoms with E-state index in [1.165, 1.54) is 159 Å². The Hall–Kier alpha value is -5.20. The molecular weight excluding hydrogens is 877 g/mol. The van der Waals surface area contributed by atoms with E-state index in [1.807, 2.05) is 0 Å². The van der Waals surface area contributed by atoms with Crippen LogP contribution in [0.2, 0.25) is 0 Å². The van der Waals surface area contributed by atoms with Gasteiger partial charge in [-0.1, -0.05) is 194 Å². The molecule has 0 N–H and O–H groups in total. The Balaban J connectivity index is 1.74. The van der Waals surface area contributed by atoms with Crippen LogP contribution in [-0.2, 0) is 0 Å². The first-order valence-corrected chi connectivity index (χ1v) is 26.7. The number of unbranched alkanes of at least 4 members (excludes halogenated alkanes) is 27. The molecule has 0 atom stereocenters. The van der Waals surface area contributed by atoms with Gasteiger partial charge in [0.1, 0.15) is 11.5 Å². The predicted molar refractivity (Wildman–Crippen MR) is 275 cm³/mol. The van der Waals surface area contributed by atoms with Gasteiger partial charge >= 0.3 is 11.9 Å². The minimum absolute atomic E-state index is 0.0307. The summed E-state index contributed by atoms with van der Waals surface area (Å²) in [5.41, 5.74) is -1.38. The average molecular weight is 961 g/mol. The second-order valence-electron chi connectivity index (χ2n) is 18.4. The molecule has 69 heavy (non-hydrogen) atoms. The summed E-state index contributed by atoms with van der Waals surface area (Å²) in [6.07, 6.45) is 36.2. The molecule has 3 rings (SSSR count). The van der Waals surface area contributed by atoms with E-state index in [9.17, 15) is 29.8 Å². The first-order chi connectivity index (χ1) is 33.7. The SMILES string of the molecule is CCCCCCCCCCCCOc1cc(C(=O)Oc2ccc(OC(=O)c3cc([N+](=O)[O-])cc([N+](=O)[O-])c3)cc2)cc(OCCCCCCCCCCCC)c1OCCCCCCCCCCCC. The summed E-state index contributed by atoms with van der Waals surface area (Å²) in [5.74, 6) is -0.115. The quantitative estimate of drug-likeness (QED) is 0.0174. The first kappa shape index (κ1) is 58.1. The lowest BCUT2D eigenvalue weighted by atomic mass is 10.1. The van der Waals surface area contributed by atoms with Crippen molar-refractivity contribution in [3.05, 3.63) is 86.0 Å². The Bertz CT molecular complexity index is 1820. The van der Waals surface area contributed by atoms with Crippen LogP contribution in [0.4, 0.5) is 11.4 Å². The van der Waals surface area contributed by atoms with Gasteiger partial charge in [0.15, 0.2) is 11.5 Å². The Labute approximate surface area is 413 Å². The van der Waals surface area contributed by atoms with E-state index in [2.05, 4.69) is 20.8 Å². The molecule has 0 saturated carbocycles. The summed E-state index contributed by atoms with van der Waals surface area (Å²) in [6.45, 7) is 8.16. The van der Waals surface area contributed by atoms with Crippen molar-refractivity contribution in [3.63, 3.8) is 0 Å². The van der Waals surface area contributed by atoms with E-state index in [0.29, 0.717) is 37.1 Å². The van der Waals surface area contributed by atoms with Crippen LogP contribution in [0, 0.1) is 20.2 Å². The monoisotopic (exact) mass is 961 g/mol. The molecule has 0 aliphatic heterocycles. The number of ether oxygens (including phenoxy) is 5. The molecule has 0 fully saturated rings. The molecular formula is C56H84N2O11. The number of nitro groups is 2. The molecule has 0 aromatic heterocycles. The highest BCUT2D eigenvalue weighted by molar-refractivity contribution is 5.93. The number of hydrogen-bond donors (Lipinski definition) is 0. The van der Waals surface area contributed by atoms with Gasteiger partial charge < -0.3 is 23.7 Å². The second kappa shape index (κ2) is 36.7.